The third-order valence-corrected chi connectivity index (χ3v) is 3.06. The van der Waals surface area contributed by atoms with Crippen molar-refractivity contribution in [1.29, 1.82) is 0 Å². The van der Waals surface area contributed by atoms with Crippen molar-refractivity contribution in [3.8, 4) is 5.75 Å². The Labute approximate surface area is 85.1 Å². The summed E-state index contributed by atoms with van der Waals surface area (Å²) in [6, 6.07) is 4.35. The first-order valence-electron chi connectivity index (χ1n) is 5.16. The molecule has 1 aliphatic carbocycles. The number of hydrogen-bond acceptors (Lipinski definition) is 2. The second-order valence-electron chi connectivity index (χ2n) is 3.98. The molecule has 0 bridgehead atoms. The molecule has 1 atom stereocenters. The molecule has 0 saturated carbocycles. The third kappa shape index (κ3) is 1.40. The molecule has 1 aromatic rings. The Morgan fingerprint density at radius 2 is 2.21 bits per heavy atom. The van der Waals surface area contributed by atoms with Crippen LogP contribution >= 0.6 is 0 Å². The van der Waals surface area contributed by atoms with Crippen LogP contribution in [0, 0.1) is 6.92 Å². The Hall–Kier alpha value is -1.02. The van der Waals surface area contributed by atoms with Crippen LogP contribution in [0.2, 0.25) is 0 Å². The first kappa shape index (κ1) is 9.53. The van der Waals surface area contributed by atoms with Crippen LogP contribution in [0.1, 0.15) is 35.6 Å². The molecule has 76 valence electrons. The molecule has 1 aliphatic rings. The lowest BCUT2D eigenvalue weighted by Gasteiger charge is -2.25. The number of benzene rings is 1. The van der Waals surface area contributed by atoms with E-state index in [1.165, 1.54) is 23.1 Å². The molecule has 0 radical (unpaired) electrons. The number of rotatable bonds is 1. The van der Waals surface area contributed by atoms with Crippen molar-refractivity contribution in [2.45, 2.75) is 32.2 Å². The Kier molecular flexibility index (Phi) is 2.46. The lowest BCUT2D eigenvalue weighted by Crippen LogP contribution is -2.19. The quantitative estimate of drug-likeness (QED) is 0.739. The highest BCUT2D eigenvalue weighted by atomic mass is 16.5. The van der Waals surface area contributed by atoms with Crippen molar-refractivity contribution >= 4 is 0 Å². The number of nitrogens with two attached hydrogens (primary N) is 1. The van der Waals surface area contributed by atoms with Gasteiger partial charge in [0.25, 0.3) is 0 Å². The summed E-state index contributed by atoms with van der Waals surface area (Å²) < 4.78 is 5.36. The largest absolute Gasteiger partial charge is 0.496 e. The molecule has 2 heteroatoms. The number of fused-ring (bicyclic) bond motifs is 1. The fraction of sp³-hybridized carbons (Fsp3) is 0.500. The zero-order valence-corrected chi connectivity index (χ0v) is 8.84. The SMILES string of the molecule is COc1ccc(C)c2c1CCCC2N. The predicted molar refractivity (Wildman–Crippen MR) is 57.6 cm³/mol. The third-order valence-electron chi connectivity index (χ3n) is 3.06. The van der Waals surface area contributed by atoms with Crippen LogP contribution in [-0.4, -0.2) is 7.11 Å². The second kappa shape index (κ2) is 3.62. The van der Waals surface area contributed by atoms with Gasteiger partial charge < -0.3 is 10.5 Å². The fourth-order valence-corrected chi connectivity index (χ4v) is 2.37. The summed E-state index contributed by atoms with van der Waals surface area (Å²) in [5.74, 6) is 1.00. The maximum absolute atomic E-state index is 6.12. The summed E-state index contributed by atoms with van der Waals surface area (Å²) in [4.78, 5) is 0. The van der Waals surface area contributed by atoms with E-state index in [9.17, 15) is 0 Å². The van der Waals surface area contributed by atoms with Crippen molar-refractivity contribution in [1.82, 2.24) is 0 Å². The lowest BCUT2D eigenvalue weighted by atomic mass is 9.85. The summed E-state index contributed by atoms with van der Waals surface area (Å²) in [6.07, 6.45) is 3.38. The van der Waals surface area contributed by atoms with Crippen LogP contribution in [0.3, 0.4) is 0 Å². The van der Waals surface area contributed by atoms with Crippen molar-refractivity contribution in [2.24, 2.45) is 5.73 Å². The van der Waals surface area contributed by atoms with Gasteiger partial charge in [-0.2, -0.15) is 0 Å². The number of methoxy groups -OCH3 is 1. The van der Waals surface area contributed by atoms with E-state index in [1.807, 2.05) is 6.07 Å². The maximum atomic E-state index is 6.12. The topological polar surface area (TPSA) is 35.2 Å². The molecule has 0 aromatic heterocycles. The molecule has 0 amide bonds. The van der Waals surface area contributed by atoms with Crippen LogP contribution in [0.25, 0.3) is 0 Å². The van der Waals surface area contributed by atoms with Crippen molar-refractivity contribution < 1.29 is 4.74 Å². The smallest absolute Gasteiger partial charge is 0.122 e. The van der Waals surface area contributed by atoms with Crippen LogP contribution < -0.4 is 10.5 Å². The monoisotopic (exact) mass is 191 g/mol. The summed E-state index contributed by atoms with van der Waals surface area (Å²) in [5.41, 5.74) is 10.1. The van der Waals surface area contributed by atoms with Gasteiger partial charge in [0, 0.05) is 6.04 Å². The van der Waals surface area contributed by atoms with Crippen LogP contribution in [0.4, 0.5) is 0 Å². The Balaban J connectivity index is 2.57. The highest BCUT2D eigenvalue weighted by molar-refractivity contribution is 5.47. The highest BCUT2D eigenvalue weighted by Gasteiger charge is 2.21. The first-order valence-corrected chi connectivity index (χ1v) is 5.16. The van der Waals surface area contributed by atoms with E-state index >= 15 is 0 Å². The minimum absolute atomic E-state index is 0.203. The molecule has 14 heavy (non-hydrogen) atoms. The van der Waals surface area contributed by atoms with Crippen molar-refractivity contribution in [3.05, 3.63) is 28.8 Å². The number of ether oxygens (including phenoxy) is 1. The Morgan fingerprint density at radius 3 is 2.93 bits per heavy atom. The first-order chi connectivity index (χ1) is 6.74. The molecular weight excluding hydrogens is 174 g/mol. The molecular formula is C12H17NO. The van der Waals surface area contributed by atoms with Gasteiger partial charge >= 0.3 is 0 Å². The van der Waals surface area contributed by atoms with E-state index in [4.69, 9.17) is 10.5 Å². The second-order valence-corrected chi connectivity index (χ2v) is 3.98. The fourth-order valence-electron chi connectivity index (χ4n) is 2.37. The molecule has 1 unspecified atom stereocenters. The molecule has 2 rings (SSSR count). The van der Waals surface area contributed by atoms with Crippen LogP contribution in [0.15, 0.2) is 12.1 Å². The summed E-state index contributed by atoms with van der Waals surface area (Å²) >= 11 is 0. The molecule has 0 spiro atoms. The summed E-state index contributed by atoms with van der Waals surface area (Å²) in [5, 5.41) is 0. The van der Waals surface area contributed by atoms with Crippen LogP contribution in [0.5, 0.6) is 5.75 Å². The van der Waals surface area contributed by atoms with Crippen molar-refractivity contribution in [2.75, 3.05) is 7.11 Å². The summed E-state index contributed by atoms with van der Waals surface area (Å²) in [7, 11) is 1.73. The molecule has 1 aromatic carbocycles. The Morgan fingerprint density at radius 1 is 1.43 bits per heavy atom. The van der Waals surface area contributed by atoms with Gasteiger partial charge in [-0.05, 0) is 48.9 Å². The van der Waals surface area contributed by atoms with Crippen molar-refractivity contribution in [3.63, 3.8) is 0 Å². The molecule has 0 aliphatic heterocycles. The van der Waals surface area contributed by atoms with E-state index in [0.29, 0.717) is 0 Å². The van der Waals surface area contributed by atoms with Gasteiger partial charge in [-0.3, -0.25) is 0 Å². The van der Waals surface area contributed by atoms with Gasteiger partial charge in [-0.15, -0.1) is 0 Å². The van der Waals surface area contributed by atoms with Gasteiger partial charge in [-0.1, -0.05) is 6.07 Å². The molecule has 2 N–H and O–H groups in total. The van der Waals surface area contributed by atoms with Crippen LogP contribution in [-0.2, 0) is 6.42 Å². The normalized spacial score (nSPS) is 20.4. The van der Waals surface area contributed by atoms with E-state index in [1.54, 1.807) is 7.11 Å². The van der Waals surface area contributed by atoms with Gasteiger partial charge in [0.1, 0.15) is 5.75 Å². The van der Waals surface area contributed by atoms with Gasteiger partial charge in [0.15, 0.2) is 0 Å². The number of aryl methyl sites for hydroxylation is 1. The van der Waals surface area contributed by atoms with E-state index < -0.39 is 0 Å². The predicted octanol–water partition coefficient (Wildman–Crippen LogP) is 2.34. The molecule has 2 nitrogen and oxygen atoms in total. The van der Waals surface area contributed by atoms with E-state index in [2.05, 4.69) is 13.0 Å². The van der Waals surface area contributed by atoms with Gasteiger partial charge in [0.05, 0.1) is 7.11 Å². The molecule has 0 saturated heterocycles. The van der Waals surface area contributed by atoms with Gasteiger partial charge in [0.2, 0.25) is 0 Å². The average Bonchev–Trinajstić information content (AvgIpc) is 2.18. The average molecular weight is 191 g/mol. The van der Waals surface area contributed by atoms with E-state index in [-0.39, 0.29) is 6.04 Å². The zero-order valence-electron chi connectivity index (χ0n) is 8.84. The minimum atomic E-state index is 0.203. The zero-order chi connectivity index (χ0) is 10.1. The van der Waals surface area contributed by atoms with E-state index in [0.717, 1.165) is 18.6 Å². The Bertz CT molecular complexity index is 346. The maximum Gasteiger partial charge on any atom is 0.122 e. The van der Waals surface area contributed by atoms with Gasteiger partial charge in [-0.25, -0.2) is 0 Å². The standard InChI is InChI=1S/C12H17NO/c1-8-6-7-11(14-2)9-4-3-5-10(13)12(8)9/h6-7,10H,3-5,13H2,1-2H3. The number of hydrogen-bond donors (Lipinski definition) is 1. The molecule has 0 fully saturated rings. The molecule has 0 heterocycles. The minimum Gasteiger partial charge on any atom is -0.496 e. The lowest BCUT2D eigenvalue weighted by molar-refractivity contribution is 0.403. The highest BCUT2D eigenvalue weighted by Crippen LogP contribution is 2.36. The summed E-state index contributed by atoms with van der Waals surface area (Å²) in [6.45, 7) is 2.13.